The second-order valence-electron chi connectivity index (χ2n) is 7.46. The van der Waals surface area contributed by atoms with Crippen LogP contribution in [0.15, 0.2) is 60.9 Å². The van der Waals surface area contributed by atoms with E-state index in [-0.39, 0.29) is 11.3 Å². The maximum Gasteiger partial charge on any atom is 0.254 e. The molecular formula is C23H24ClN3O3. The second kappa shape index (κ2) is 8.90. The molecule has 1 aromatic heterocycles. The number of rotatable bonds is 6. The maximum atomic E-state index is 12.8. The quantitative estimate of drug-likeness (QED) is 0.648. The van der Waals surface area contributed by atoms with Crippen LogP contribution in [0.1, 0.15) is 28.8 Å². The monoisotopic (exact) mass is 425 g/mol. The molecule has 0 atom stereocenters. The normalized spacial score (nSPS) is 15.5. The number of hydrogen-bond acceptors (Lipinski definition) is 4. The van der Waals surface area contributed by atoms with E-state index in [4.69, 9.17) is 21.1 Å². The minimum Gasteiger partial charge on any atom is -0.497 e. The number of ether oxygens (including phenoxy) is 2. The molecule has 1 fully saturated rings. The van der Waals surface area contributed by atoms with Crippen LogP contribution in [0, 0.1) is 0 Å². The number of aromatic nitrogens is 2. The van der Waals surface area contributed by atoms with Crippen LogP contribution in [0.25, 0.3) is 5.69 Å². The summed E-state index contributed by atoms with van der Waals surface area (Å²) in [6, 6.07) is 15.4. The molecule has 2 aromatic carbocycles. The van der Waals surface area contributed by atoms with Crippen molar-refractivity contribution in [3.63, 3.8) is 0 Å². The fourth-order valence-corrected chi connectivity index (χ4v) is 4.01. The molecule has 1 saturated heterocycles. The molecule has 0 radical (unpaired) electrons. The Bertz CT molecular complexity index is 1010. The van der Waals surface area contributed by atoms with E-state index in [0.717, 1.165) is 24.3 Å². The zero-order valence-corrected chi connectivity index (χ0v) is 17.6. The lowest BCUT2D eigenvalue weighted by molar-refractivity contribution is 0.0487. The van der Waals surface area contributed by atoms with Gasteiger partial charge >= 0.3 is 0 Å². The summed E-state index contributed by atoms with van der Waals surface area (Å²) in [4.78, 5) is 12.8. The van der Waals surface area contributed by atoms with Crippen molar-refractivity contribution in [3.05, 3.63) is 77.1 Å². The van der Waals surface area contributed by atoms with Crippen LogP contribution in [0.4, 0.5) is 0 Å². The summed E-state index contributed by atoms with van der Waals surface area (Å²) < 4.78 is 12.5. The first kappa shape index (κ1) is 20.4. The Labute approximate surface area is 180 Å². The van der Waals surface area contributed by atoms with Gasteiger partial charge in [0.25, 0.3) is 5.91 Å². The van der Waals surface area contributed by atoms with Gasteiger partial charge in [-0.15, -0.1) is 0 Å². The van der Waals surface area contributed by atoms with Crippen molar-refractivity contribution in [1.29, 1.82) is 0 Å². The highest BCUT2D eigenvalue weighted by atomic mass is 35.5. The lowest BCUT2D eigenvalue weighted by atomic mass is 9.74. The van der Waals surface area contributed by atoms with Crippen molar-refractivity contribution in [2.75, 3.05) is 26.9 Å². The van der Waals surface area contributed by atoms with E-state index in [1.165, 1.54) is 5.56 Å². The molecule has 2 heterocycles. The van der Waals surface area contributed by atoms with Gasteiger partial charge in [0.05, 0.1) is 24.6 Å². The minimum absolute atomic E-state index is 0.150. The molecule has 4 rings (SSSR count). The van der Waals surface area contributed by atoms with Crippen molar-refractivity contribution in [2.24, 2.45) is 0 Å². The number of amides is 1. The molecule has 1 N–H and O–H groups in total. The van der Waals surface area contributed by atoms with Gasteiger partial charge in [0, 0.05) is 36.4 Å². The number of methoxy groups -OCH3 is 1. The molecule has 0 bridgehead atoms. The van der Waals surface area contributed by atoms with Gasteiger partial charge in [-0.2, -0.15) is 5.10 Å². The Morgan fingerprint density at radius 2 is 2.00 bits per heavy atom. The fourth-order valence-electron chi connectivity index (χ4n) is 3.83. The first-order chi connectivity index (χ1) is 14.6. The number of benzene rings is 2. The lowest BCUT2D eigenvalue weighted by Crippen LogP contribution is -2.44. The van der Waals surface area contributed by atoms with Crippen molar-refractivity contribution < 1.29 is 14.3 Å². The molecular weight excluding hydrogens is 402 g/mol. The van der Waals surface area contributed by atoms with Crippen LogP contribution in [0.2, 0.25) is 5.02 Å². The molecule has 1 aliphatic rings. The average Bonchev–Trinajstić information content (AvgIpc) is 3.29. The minimum atomic E-state index is -0.164. The van der Waals surface area contributed by atoms with E-state index in [0.29, 0.717) is 30.3 Å². The van der Waals surface area contributed by atoms with E-state index in [1.807, 2.05) is 24.3 Å². The number of halogens is 1. The van der Waals surface area contributed by atoms with Gasteiger partial charge in [-0.25, -0.2) is 4.68 Å². The van der Waals surface area contributed by atoms with E-state index in [9.17, 15) is 4.79 Å². The Morgan fingerprint density at radius 1 is 1.23 bits per heavy atom. The van der Waals surface area contributed by atoms with Gasteiger partial charge in [-0.05, 0) is 48.7 Å². The van der Waals surface area contributed by atoms with E-state index >= 15 is 0 Å². The van der Waals surface area contributed by atoms with Gasteiger partial charge in [0.2, 0.25) is 0 Å². The summed E-state index contributed by atoms with van der Waals surface area (Å²) in [5.74, 6) is 0.668. The summed E-state index contributed by atoms with van der Waals surface area (Å²) >= 11 is 6.05. The van der Waals surface area contributed by atoms with Crippen molar-refractivity contribution in [2.45, 2.75) is 18.3 Å². The summed E-state index contributed by atoms with van der Waals surface area (Å²) in [5.41, 5.74) is 2.33. The maximum absolute atomic E-state index is 12.8. The molecule has 6 nitrogen and oxygen atoms in total. The second-order valence-corrected chi connectivity index (χ2v) is 7.89. The Hall–Kier alpha value is -2.83. The summed E-state index contributed by atoms with van der Waals surface area (Å²) in [6.45, 7) is 1.88. The molecule has 30 heavy (non-hydrogen) atoms. The van der Waals surface area contributed by atoms with Crippen LogP contribution < -0.4 is 10.1 Å². The third kappa shape index (κ3) is 4.35. The molecule has 156 valence electrons. The smallest absolute Gasteiger partial charge is 0.254 e. The number of hydrogen-bond donors (Lipinski definition) is 1. The third-order valence-electron chi connectivity index (χ3n) is 5.66. The van der Waals surface area contributed by atoms with Crippen LogP contribution >= 0.6 is 11.6 Å². The van der Waals surface area contributed by atoms with Crippen LogP contribution in [-0.2, 0) is 10.2 Å². The molecule has 1 aliphatic heterocycles. The van der Waals surface area contributed by atoms with Crippen LogP contribution in [0.3, 0.4) is 0 Å². The highest BCUT2D eigenvalue weighted by Gasteiger charge is 2.35. The van der Waals surface area contributed by atoms with Gasteiger partial charge < -0.3 is 14.8 Å². The first-order valence-electron chi connectivity index (χ1n) is 9.91. The standard InChI is InChI=1S/C23H24ClN3O3/c1-29-21-7-5-18(6-8-21)23(9-11-30-12-10-23)16-25-22(28)17-14-26-27(15-17)20-4-2-3-19(24)13-20/h2-8,13-15H,9-12,16H2,1H3,(H,25,28). The molecule has 1 amide bonds. The predicted octanol–water partition coefficient (Wildman–Crippen LogP) is 4.01. The predicted molar refractivity (Wildman–Crippen MR) is 116 cm³/mol. The van der Waals surface area contributed by atoms with Crippen LogP contribution in [-0.4, -0.2) is 42.6 Å². The Kier molecular flexibility index (Phi) is 6.06. The summed E-state index contributed by atoms with van der Waals surface area (Å²) in [7, 11) is 1.66. The number of carbonyl (C=O) groups excluding carboxylic acids is 1. The fraction of sp³-hybridized carbons (Fsp3) is 0.304. The highest BCUT2D eigenvalue weighted by Crippen LogP contribution is 2.35. The molecule has 0 saturated carbocycles. The Balaban J connectivity index is 1.49. The first-order valence-corrected chi connectivity index (χ1v) is 10.3. The molecule has 3 aromatic rings. The average molecular weight is 426 g/mol. The molecule has 0 spiro atoms. The van der Waals surface area contributed by atoms with Crippen molar-refractivity contribution in [3.8, 4) is 11.4 Å². The summed E-state index contributed by atoms with van der Waals surface area (Å²) in [6.07, 6.45) is 4.98. The summed E-state index contributed by atoms with van der Waals surface area (Å²) in [5, 5.41) is 8.03. The third-order valence-corrected chi connectivity index (χ3v) is 5.89. The topological polar surface area (TPSA) is 65.4 Å². The van der Waals surface area contributed by atoms with Crippen molar-refractivity contribution >= 4 is 17.5 Å². The largest absolute Gasteiger partial charge is 0.497 e. The van der Waals surface area contributed by atoms with Crippen LogP contribution in [0.5, 0.6) is 5.75 Å². The lowest BCUT2D eigenvalue weighted by Gasteiger charge is -2.38. The Morgan fingerprint density at radius 3 is 2.70 bits per heavy atom. The zero-order valence-electron chi connectivity index (χ0n) is 16.8. The van der Waals surface area contributed by atoms with Crippen molar-refractivity contribution in [1.82, 2.24) is 15.1 Å². The number of nitrogens with zero attached hydrogens (tertiary/aromatic N) is 2. The highest BCUT2D eigenvalue weighted by molar-refractivity contribution is 6.30. The molecule has 0 aliphatic carbocycles. The molecule has 7 heteroatoms. The number of carbonyl (C=O) groups is 1. The SMILES string of the molecule is COc1ccc(C2(CNC(=O)c3cnn(-c4cccc(Cl)c4)c3)CCOCC2)cc1. The van der Waals surface area contributed by atoms with Gasteiger partial charge in [-0.3, -0.25) is 4.79 Å². The van der Waals surface area contributed by atoms with Gasteiger partial charge in [-0.1, -0.05) is 29.8 Å². The molecule has 0 unspecified atom stereocenters. The van der Waals surface area contributed by atoms with E-state index in [2.05, 4.69) is 22.5 Å². The van der Waals surface area contributed by atoms with E-state index in [1.54, 1.807) is 36.3 Å². The van der Waals surface area contributed by atoms with E-state index < -0.39 is 0 Å². The van der Waals surface area contributed by atoms with Gasteiger partial charge in [0.15, 0.2) is 0 Å². The number of nitrogens with one attached hydrogen (secondary N) is 1. The van der Waals surface area contributed by atoms with Gasteiger partial charge in [0.1, 0.15) is 5.75 Å². The zero-order chi connectivity index (χ0) is 21.0.